The monoisotopic (exact) mass is 359 g/mol. The number of carbonyl (C=O) groups excluding carboxylic acids is 2. The Balaban J connectivity index is 1.71. The van der Waals surface area contributed by atoms with E-state index in [9.17, 15) is 9.59 Å². The van der Waals surface area contributed by atoms with Gasteiger partial charge in [-0.2, -0.15) is 0 Å². The Morgan fingerprint density at radius 3 is 2.23 bits per heavy atom. The zero-order chi connectivity index (χ0) is 18.9. The number of hydrogen-bond acceptors (Lipinski definition) is 3. The third kappa shape index (κ3) is 6.45. The Kier molecular flexibility index (Phi) is 8.10. The van der Waals surface area contributed by atoms with Crippen LogP contribution in [0.5, 0.6) is 0 Å². The van der Waals surface area contributed by atoms with Gasteiger partial charge in [-0.3, -0.25) is 9.59 Å². The summed E-state index contributed by atoms with van der Waals surface area (Å²) in [5.74, 6) is 0.491. The molecular formula is C21H33N3O2. The maximum atomic E-state index is 12.7. The van der Waals surface area contributed by atoms with Crippen molar-refractivity contribution in [2.24, 2.45) is 11.8 Å². The molecule has 0 aliphatic heterocycles. The van der Waals surface area contributed by atoms with Crippen LogP contribution in [-0.4, -0.2) is 55.8 Å². The van der Waals surface area contributed by atoms with E-state index in [4.69, 9.17) is 0 Å². The first-order valence-electron chi connectivity index (χ1n) is 9.68. The molecule has 1 aromatic rings. The van der Waals surface area contributed by atoms with Crippen molar-refractivity contribution in [3.63, 3.8) is 0 Å². The van der Waals surface area contributed by atoms with Crippen molar-refractivity contribution in [2.75, 3.05) is 34.2 Å². The highest BCUT2D eigenvalue weighted by Crippen LogP contribution is 2.30. The third-order valence-electron chi connectivity index (χ3n) is 5.17. The minimum Gasteiger partial charge on any atom is -0.356 e. The smallest absolute Gasteiger partial charge is 0.225 e. The van der Waals surface area contributed by atoms with E-state index in [2.05, 4.69) is 10.2 Å². The van der Waals surface area contributed by atoms with Crippen LogP contribution in [0, 0.1) is 11.8 Å². The minimum absolute atomic E-state index is 0.0569. The van der Waals surface area contributed by atoms with Crippen LogP contribution in [0.15, 0.2) is 30.3 Å². The van der Waals surface area contributed by atoms with E-state index in [1.807, 2.05) is 56.4 Å². The second kappa shape index (κ2) is 10.3. The molecule has 0 unspecified atom stereocenters. The van der Waals surface area contributed by atoms with Crippen LogP contribution in [0.4, 0.5) is 0 Å². The quantitative estimate of drug-likeness (QED) is 0.726. The van der Waals surface area contributed by atoms with E-state index in [1.165, 1.54) is 0 Å². The maximum Gasteiger partial charge on any atom is 0.225 e. The molecule has 0 heterocycles. The summed E-state index contributed by atoms with van der Waals surface area (Å²) in [6, 6.07) is 10.1. The number of rotatable bonds is 8. The van der Waals surface area contributed by atoms with Crippen LogP contribution in [0.3, 0.4) is 0 Å². The summed E-state index contributed by atoms with van der Waals surface area (Å²) in [5, 5.41) is 3.05. The molecule has 1 aliphatic carbocycles. The van der Waals surface area contributed by atoms with Gasteiger partial charge in [0, 0.05) is 32.0 Å². The van der Waals surface area contributed by atoms with Crippen molar-refractivity contribution in [2.45, 2.75) is 38.6 Å². The molecule has 2 rings (SSSR count). The average molecular weight is 360 g/mol. The fourth-order valence-electron chi connectivity index (χ4n) is 3.60. The van der Waals surface area contributed by atoms with E-state index in [1.54, 1.807) is 0 Å². The molecule has 1 saturated carbocycles. The molecule has 5 heteroatoms. The highest BCUT2D eigenvalue weighted by molar-refractivity contribution is 5.81. The Labute approximate surface area is 157 Å². The first kappa shape index (κ1) is 20.4. The number of carbonyl (C=O) groups is 2. The molecule has 0 saturated heterocycles. The SMILES string of the molecule is CN(C)CCCNC(=O)C1CCC(C(=O)N(C)Cc2ccccc2)CC1. The zero-order valence-electron chi connectivity index (χ0n) is 16.4. The molecule has 1 aromatic carbocycles. The van der Waals surface area contributed by atoms with Gasteiger partial charge in [0.15, 0.2) is 0 Å². The lowest BCUT2D eigenvalue weighted by molar-refractivity contribution is -0.137. The maximum absolute atomic E-state index is 12.7. The minimum atomic E-state index is 0.0569. The fourth-order valence-corrected chi connectivity index (χ4v) is 3.60. The van der Waals surface area contributed by atoms with Gasteiger partial charge >= 0.3 is 0 Å². The number of amides is 2. The lowest BCUT2D eigenvalue weighted by Gasteiger charge is -2.30. The fraction of sp³-hybridized carbons (Fsp3) is 0.619. The molecule has 1 fully saturated rings. The summed E-state index contributed by atoms with van der Waals surface area (Å²) in [6.45, 7) is 2.36. The van der Waals surface area contributed by atoms with Crippen LogP contribution in [-0.2, 0) is 16.1 Å². The van der Waals surface area contributed by atoms with Crippen molar-refractivity contribution >= 4 is 11.8 Å². The molecule has 1 aliphatic rings. The molecule has 0 bridgehead atoms. The highest BCUT2D eigenvalue weighted by atomic mass is 16.2. The van der Waals surface area contributed by atoms with Gasteiger partial charge in [-0.05, 0) is 58.3 Å². The predicted octanol–water partition coefficient (Wildman–Crippen LogP) is 2.52. The molecule has 2 amide bonds. The normalized spacial score (nSPS) is 20.0. The van der Waals surface area contributed by atoms with Gasteiger partial charge in [-0.25, -0.2) is 0 Å². The van der Waals surface area contributed by atoms with Crippen molar-refractivity contribution in [3.05, 3.63) is 35.9 Å². The lowest BCUT2D eigenvalue weighted by Crippen LogP contribution is -2.38. The third-order valence-corrected chi connectivity index (χ3v) is 5.17. The average Bonchev–Trinajstić information content (AvgIpc) is 2.65. The second-order valence-electron chi connectivity index (χ2n) is 7.68. The van der Waals surface area contributed by atoms with Crippen LogP contribution in [0.25, 0.3) is 0 Å². The highest BCUT2D eigenvalue weighted by Gasteiger charge is 2.31. The second-order valence-corrected chi connectivity index (χ2v) is 7.68. The number of nitrogens with one attached hydrogen (secondary N) is 1. The molecule has 144 valence electrons. The van der Waals surface area contributed by atoms with Gasteiger partial charge in [0.25, 0.3) is 0 Å². The molecule has 1 N–H and O–H groups in total. The van der Waals surface area contributed by atoms with Gasteiger partial charge in [-0.15, -0.1) is 0 Å². The predicted molar refractivity (Wildman–Crippen MR) is 105 cm³/mol. The molecule has 5 nitrogen and oxygen atoms in total. The summed E-state index contributed by atoms with van der Waals surface area (Å²) in [6.07, 6.45) is 4.22. The van der Waals surface area contributed by atoms with Gasteiger partial charge in [0.2, 0.25) is 11.8 Å². The first-order chi connectivity index (χ1) is 12.5. The molecule has 26 heavy (non-hydrogen) atoms. The Bertz CT molecular complexity index is 566. The van der Waals surface area contributed by atoms with Crippen LogP contribution >= 0.6 is 0 Å². The summed E-state index contributed by atoms with van der Waals surface area (Å²) in [5.41, 5.74) is 1.15. The van der Waals surface area contributed by atoms with Crippen molar-refractivity contribution in [3.8, 4) is 0 Å². The summed E-state index contributed by atoms with van der Waals surface area (Å²) < 4.78 is 0. The van der Waals surface area contributed by atoms with Gasteiger partial charge in [0.1, 0.15) is 0 Å². The van der Waals surface area contributed by atoms with E-state index in [-0.39, 0.29) is 23.7 Å². The molecular weight excluding hydrogens is 326 g/mol. The van der Waals surface area contributed by atoms with E-state index in [0.29, 0.717) is 6.54 Å². The summed E-state index contributed by atoms with van der Waals surface area (Å²) >= 11 is 0. The largest absolute Gasteiger partial charge is 0.356 e. The van der Waals surface area contributed by atoms with Crippen molar-refractivity contribution in [1.82, 2.24) is 15.1 Å². The van der Waals surface area contributed by atoms with E-state index < -0.39 is 0 Å². The molecule has 0 aromatic heterocycles. The Morgan fingerprint density at radius 2 is 1.62 bits per heavy atom. The van der Waals surface area contributed by atoms with Crippen LogP contribution in [0.2, 0.25) is 0 Å². The number of nitrogens with zero attached hydrogens (tertiary/aromatic N) is 2. The van der Waals surface area contributed by atoms with Crippen LogP contribution < -0.4 is 5.32 Å². The standard InChI is InChI=1S/C21H33N3O2/c1-23(2)15-7-14-22-20(25)18-10-12-19(13-11-18)21(26)24(3)16-17-8-5-4-6-9-17/h4-6,8-9,18-19H,7,10-16H2,1-3H3,(H,22,25). The van der Waals surface area contributed by atoms with Crippen molar-refractivity contribution < 1.29 is 9.59 Å². The molecule has 0 spiro atoms. The van der Waals surface area contributed by atoms with Crippen LogP contribution in [0.1, 0.15) is 37.7 Å². The molecule has 0 atom stereocenters. The topological polar surface area (TPSA) is 52.7 Å². The Hall–Kier alpha value is -1.88. The summed E-state index contributed by atoms with van der Waals surface area (Å²) in [4.78, 5) is 28.9. The summed E-state index contributed by atoms with van der Waals surface area (Å²) in [7, 11) is 5.95. The zero-order valence-corrected chi connectivity index (χ0v) is 16.4. The molecule has 0 radical (unpaired) electrons. The van der Waals surface area contributed by atoms with E-state index in [0.717, 1.165) is 50.8 Å². The van der Waals surface area contributed by atoms with Gasteiger partial charge in [-0.1, -0.05) is 30.3 Å². The Morgan fingerprint density at radius 1 is 1.00 bits per heavy atom. The van der Waals surface area contributed by atoms with E-state index >= 15 is 0 Å². The van der Waals surface area contributed by atoms with Gasteiger partial charge in [0.05, 0.1) is 0 Å². The van der Waals surface area contributed by atoms with Crippen molar-refractivity contribution in [1.29, 1.82) is 0 Å². The lowest BCUT2D eigenvalue weighted by atomic mass is 9.81. The van der Waals surface area contributed by atoms with Gasteiger partial charge < -0.3 is 15.1 Å². The first-order valence-corrected chi connectivity index (χ1v) is 9.68. The number of hydrogen-bond donors (Lipinski definition) is 1. The number of benzene rings is 1.